The lowest BCUT2D eigenvalue weighted by Crippen LogP contribution is -2.30. The molecule has 0 saturated heterocycles. The van der Waals surface area contributed by atoms with E-state index in [-0.39, 0.29) is 11.9 Å². The van der Waals surface area contributed by atoms with Gasteiger partial charge in [-0.15, -0.1) is 0 Å². The highest BCUT2D eigenvalue weighted by molar-refractivity contribution is 5.19. The van der Waals surface area contributed by atoms with E-state index in [9.17, 15) is 4.39 Å². The molecule has 0 aromatic heterocycles. The van der Waals surface area contributed by atoms with Crippen LogP contribution in [-0.2, 0) is 4.74 Å². The van der Waals surface area contributed by atoms with Crippen LogP contribution in [0.4, 0.5) is 4.39 Å². The third kappa shape index (κ3) is 4.59. The normalized spacial score (nSPS) is 18.1. The number of hydrogen-bond acceptors (Lipinski definition) is 2. The minimum absolute atomic E-state index is 0.0544. The summed E-state index contributed by atoms with van der Waals surface area (Å²) in [4.78, 5) is 0. The van der Waals surface area contributed by atoms with E-state index < -0.39 is 0 Å². The van der Waals surface area contributed by atoms with Crippen LogP contribution in [0.5, 0.6) is 0 Å². The van der Waals surface area contributed by atoms with Crippen LogP contribution in [0.25, 0.3) is 0 Å². The molecule has 0 amide bonds. The van der Waals surface area contributed by atoms with Gasteiger partial charge in [-0.1, -0.05) is 38.8 Å². The van der Waals surface area contributed by atoms with Crippen LogP contribution in [0.1, 0.15) is 51.2 Å². The zero-order valence-electron chi connectivity index (χ0n) is 11.9. The summed E-state index contributed by atoms with van der Waals surface area (Å²) in [7, 11) is 0. The molecule has 3 heteroatoms. The van der Waals surface area contributed by atoms with Crippen molar-refractivity contribution in [2.45, 2.75) is 57.8 Å². The Bertz CT molecular complexity index is 388. The van der Waals surface area contributed by atoms with Crippen molar-refractivity contribution >= 4 is 0 Å². The molecule has 1 fully saturated rings. The molecule has 0 heterocycles. The molecular formula is C16H24FNO. The van der Waals surface area contributed by atoms with Crippen molar-refractivity contribution in [1.29, 1.82) is 0 Å². The van der Waals surface area contributed by atoms with E-state index in [0.717, 1.165) is 24.9 Å². The van der Waals surface area contributed by atoms with Crippen LogP contribution in [-0.4, -0.2) is 18.7 Å². The Hall–Kier alpha value is -0.930. The molecule has 1 saturated carbocycles. The lowest BCUT2D eigenvalue weighted by atomic mass is 10.1. The zero-order chi connectivity index (χ0) is 13.7. The molecule has 0 aliphatic heterocycles. The van der Waals surface area contributed by atoms with Gasteiger partial charge >= 0.3 is 0 Å². The maximum Gasteiger partial charge on any atom is 0.123 e. The molecule has 1 aliphatic rings. The average Bonchev–Trinajstić information content (AvgIpc) is 2.87. The van der Waals surface area contributed by atoms with Crippen LogP contribution in [0.2, 0.25) is 0 Å². The summed E-state index contributed by atoms with van der Waals surface area (Å²) in [5.74, 6) is -0.193. The number of rotatable bonds is 6. The van der Waals surface area contributed by atoms with E-state index in [4.69, 9.17) is 4.74 Å². The van der Waals surface area contributed by atoms with Gasteiger partial charge in [0.2, 0.25) is 0 Å². The predicted molar refractivity (Wildman–Crippen MR) is 75.6 cm³/mol. The van der Waals surface area contributed by atoms with Gasteiger partial charge in [0.25, 0.3) is 0 Å². The molecule has 1 aliphatic carbocycles. The topological polar surface area (TPSA) is 21.3 Å². The fraction of sp³-hybridized carbons (Fsp3) is 0.625. The fourth-order valence-electron chi connectivity index (χ4n) is 2.55. The molecule has 1 aromatic rings. The van der Waals surface area contributed by atoms with Crippen molar-refractivity contribution in [3.8, 4) is 0 Å². The summed E-state index contributed by atoms with van der Waals surface area (Å²) >= 11 is 0. The van der Waals surface area contributed by atoms with Crippen LogP contribution < -0.4 is 5.32 Å². The fourth-order valence-corrected chi connectivity index (χ4v) is 2.55. The van der Waals surface area contributed by atoms with Gasteiger partial charge in [0.05, 0.1) is 12.2 Å². The quantitative estimate of drug-likeness (QED) is 0.844. The van der Waals surface area contributed by atoms with Crippen molar-refractivity contribution < 1.29 is 9.13 Å². The van der Waals surface area contributed by atoms with E-state index in [0.29, 0.717) is 12.1 Å². The highest BCUT2D eigenvalue weighted by atomic mass is 19.1. The lowest BCUT2D eigenvalue weighted by Gasteiger charge is -2.24. The average molecular weight is 265 g/mol. The van der Waals surface area contributed by atoms with E-state index in [1.807, 2.05) is 6.07 Å². The first kappa shape index (κ1) is 14.5. The first-order valence-corrected chi connectivity index (χ1v) is 7.29. The maximum atomic E-state index is 13.4. The third-order valence-electron chi connectivity index (χ3n) is 3.59. The number of benzene rings is 1. The summed E-state index contributed by atoms with van der Waals surface area (Å²) in [6.45, 7) is 4.95. The van der Waals surface area contributed by atoms with Gasteiger partial charge in [0.1, 0.15) is 5.82 Å². The molecule has 2 rings (SSSR count). The molecule has 2 nitrogen and oxygen atoms in total. The van der Waals surface area contributed by atoms with Crippen LogP contribution in [0.3, 0.4) is 0 Å². The van der Waals surface area contributed by atoms with Gasteiger partial charge in [0.15, 0.2) is 0 Å². The van der Waals surface area contributed by atoms with Crippen molar-refractivity contribution in [3.05, 3.63) is 35.6 Å². The van der Waals surface area contributed by atoms with Crippen LogP contribution in [0, 0.1) is 5.82 Å². The molecule has 1 atom stereocenters. The van der Waals surface area contributed by atoms with Crippen LogP contribution in [0.15, 0.2) is 24.3 Å². The highest BCUT2D eigenvalue weighted by Gasteiger charge is 2.22. The predicted octanol–water partition coefficient (Wildman–Crippen LogP) is 3.82. The van der Waals surface area contributed by atoms with E-state index in [2.05, 4.69) is 19.2 Å². The van der Waals surface area contributed by atoms with Gasteiger partial charge < -0.3 is 10.1 Å². The monoisotopic (exact) mass is 265 g/mol. The van der Waals surface area contributed by atoms with Gasteiger partial charge in [0, 0.05) is 12.6 Å². The van der Waals surface area contributed by atoms with Crippen molar-refractivity contribution in [2.75, 3.05) is 6.54 Å². The second-order valence-corrected chi connectivity index (χ2v) is 5.65. The molecule has 106 valence electrons. The summed E-state index contributed by atoms with van der Waals surface area (Å²) in [5, 5.41) is 3.39. The van der Waals surface area contributed by atoms with Gasteiger partial charge in [-0.2, -0.15) is 0 Å². The Morgan fingerprint density at radius 1 is 1.32 bits per heavy atom. The molecule has 0 bridgehead atoms. The highest BCUT2D eigenvalue weighted by Crippen LogP contribution is 2.27. The molecular weight excluding hydrogens is 241 g/mol. The Morgan fingerprint density at radius 3 is 2.68 bits per heavy atom. The van der Waals surface area contributed by atoms with Gasteiger partial charge in [-0.3, -0.25) is 0 Å². The first-order valence-electron chi connectivity index (χ1n) is 7.29. The molecule has 19 heavy (non-hydrogen) atoms. The summed E-state index contributed by atoms with van der Waals surface area (Å²) < 4.78 is 19.5. The third-order valence-corrected chi connectivity index (χ3v) is 3.59. The number of halogens is 1. The van der Waals surface area contributed by atoms with Crippen molar-refractivity contribution in [2.24, 2.45) is 0 Å². The maximum absolute atomic E-state index is 13.4. The Kier molecular flexibility index (Phi) is 5.34. The molecule has 0 spiro atoms. The van der Waals surface area contributed by atoms with E-state index in [1.54, 1.807) is 12.1 Å². The summed E-state index contributed by atoms with van der Waals surface area (Å²) in [6, 6.07) is 7.17. The van der Waals surface area contributed by atoms with Crippen LogP contribution >= 0.6 is 0 Å². The minimum Gasteiger partial charge on any atom is -0.369 e. The van der Waals surface area contributed by atoms with Crippen molar-refractivity contribution in [1.82, 2.24) is 5.32 Å². The zero-order valence-corrected chi connectivity index (χ0v) is 11.9. The Balaban J connectivity index is 2.03. The number of hydrogen-bond donors (Lipinski definition) is 1. The second kappa shape index (κ2) is 7.01. The lowest BCUT2D eigenvalue weighted by molar-refractivity contribution is -0.00971. The SMILES string of the molecule is CC(C)NCC(OC1CCCC1)c1cccc(F)c1. The van der Waals surface area contributed by atoms with E-state index >= 15 is 0 Å². The largest absolute Gasteiger partial charge is 0.369 e. The van der Waals surface area contributed by atoms with Gasteiger partial charge in [-0.05, 0) is 30.5 Å². The smallest absolute Gasteiger partial charge is 0.123 e. The van der Waals surface area contributed by atoms with E-state index in [1.165, 1.54) is 18.9 Å². The molecule has 0 radical (unpaired) electrons. The Morgan fingerprint density at radius 2 is 2.05 bits per heavy atom. The minimum atomic E-state index is -0.193. The standard InChI is InChI=1S/C16H24FNO/c1-12(2)18-11-16(19-15-8-3-4-9-15)13-6-5-7-14(17)10-13/h5-7,10,12,15-16,18H,3-4,8-9,11H2,1-2H3. The molecule has 1 aromatic carbocycles. The second-order valence-electron chi connectivity index (χ2n) is 5.65. The number of nitrogens with one attached hydrogen (secondary N) is 1. The van der Waals surface area contributed by atoms with Gasteiger partial charge in [-0.25, -0.2) is 4.39 Å². The summed E-state index contributed by atoms with van der Waals surface area (Å²) in [6.07, 6.45) is 5.04. The molecule has 1 unspecified atom stereocenters. The first-order chi connectivity index (χ1) is 9.15. The Labute approximate surface area is 115 Å². The van der Waals surface area contributed by atoms with Crippen molar-refractivity contribution in [3.63, 3.8) is 0 Å². The molecule has 1 N–H and O–H groups in total. The number of ether oxygens (including phenoxy) is 1. The summed E-state index contributed by atoms with van der Waals surface area (Å²) in [5.41, 5.74) is 0.931.